The highest BCUT2D eigenvalue weighted by molar-refractivity contribution is 6.11. The highest BCUT2D eigenvalue weighted by Gasteiger charge is 2.33. The number of aromatic nitrogens is 3. The van der Waals surface area contributed by atoms with E-state index in [9.17, 15) is 13.6 Å². The van der Waals surface area contributed by atoms with E-state index in [0.29, 0.717) is 29.2 Å². The Balaban J connectivity index is 1.55. The monoisotopic (exact) mass is 482 g/mol. The van der Waals surface area contributed by atoms with Crippen LogP contribution in [-0.4, -0.2) is 40.9 Å². The molecule has 0 unspecified atom stereocenters. The Bertz CT molecular complexity index is 1480. The van der Waals surface area contributed by atoms with E-state index in [-0.39, 0.29) is 18.2 Å². The third-order valence-electron chi connectivity index (χ3n) is 5.67. The molecular formula is C25H23F2N5O3. The van der Waals surface area contributed by atoms with Gasteiger partial charge in [0.1, 0.15) is 5.75 Å². The van der Waals surface area contributed by atoms with E-state index < -0.39 is 26.1 Å². The smallest absolute Gasteiger partial charge is 0.333 e. The highest BCUT2D eigenvalue weighted by Crippen LogP contribution is 2.39. The molecule has 1 aliphatic rings. The van der Waals surface area contributed by atoms with Crippen molar-refractivity contribution in [1.82, 2.24) is 14.8 Å². The van der Waals surface area contributed by atoms with Crippen LogP contribution in [0.15, 0.2) is 60.9 Å². The summed E-state index contributed by atoms with van der Waals surface area (Å²) in [7, 11) is -2.63. The lowest BCUT2D eigenvalue weighted by atomic mass is 10.1. The van der Waals surface area contributed by atoms with Gasteiger partial charge in [-0.25, -0.2) is 18.6 Å². The predicted molar refractivity (Wildman–Crippen MR) is 128 cm³/mol. The Kier molecular flexibility index (Phi) is 5.03. The minimum atomic E-state index is -2.68. The number of halogens is 2. The molecule has 2 aromatic carbocycles. The molecular weight excluding hydrogens is 456 g/mol. The van der Waals surface area contributed by atoms with Crippen LogP contribution in [0.3, 0.4) is 0 Å². The molecule has 2 amide bonds. The Morgan fingerprint density at radius 3 is 2.69 bits per heavy atom. The normalized spacial score (nSPS) is 15.1. The minimum Gasteiger partial charge on any atom is -0.497 e. The number of urea groups is 1. The Morgan fingerprint density at radius 2 is 1.94 bits per heavy atom. The molecule has 10 heteroatoms. The molecule has 0 aliphatic carbocycles. The summed E-state index contributed by atoms with van der Waals surface area (Å²) in [5.41, 5.74) is 2.90. The molecule has 5 rings (SSSR count). The number of ether oxygens (including phenoxy) is 2. The number of methoxy groups -OCH3 is 1. The van der Waals surface area contributed by atoms with Gasteiger partial charge in [-0.1, -0.05) is 0 Å². The summed E-state index contributed by atoms with van der Waals surface area (Å²) < 4.78 is 59.1. The van der Waals surface area contributed by atoms with Crippen molar-refractivity contribution in [3.05, 3.63) is 66.5 Å². The zero-order chi connectivity index (χ0) is 27.0. The number of hydrogen-bond acceptors (Lipinski definition) is 5. The average Bonchev–Trinajstić information content (AvgIpc) is 3.29. The lowest BCUT2D eigenvalue weighted by Gasteiger charge is -2.37. The molecule has 0 saturated heterocycles. The van der Waals surface area contributed by atoms with Crippen LogP contribution >= 0.6 is 0 Å². The van der Waals surface area contributed by atoms with E-state index in [1.165, 1.54) is 29.3 Å². The summed E-state index contributed by atoms with van der Waals surface area (Å²) in [4.78, 5) is 21.0. The fraction of sp³-hybridized carbons (Fsp3) is 0.240. The lowest BCUT2D eigenvalue weighted by molar-refractivity contribution is 0.0796. The van der Waals surface area contributed by atoms with Gasteiger partial charge in [0.2, 0.25) is 5.88 Å². The van der Waals surface area contributed by atoms with Crippen molar-refractivity contribution in [2.24, 2.45) is 0 Å². The summed E-state index contributed by atoms with van der Waals surface area (Å²) in [5, 5.41) is 5.35. The molecule has 3 heterocycles. The van der Waals surface area contributed by atoms with Crippen molar-refractivity contribution >= 4 is 34.0 Å². The summed E-state index contributed by atoms with van der Waals surface area (Å²) in [6, 6.07) is 12.5. The number of amides is 2. The number of hydrogen-bond donors (Lipinski definition) is 0. The summed E-state index contributed by atoms with van der Waals surface area (Å²) in [6.07, 6.45) is 0.706. The number of benzene rings is 2. The molecule has 0 bridgehead atoms. The maximum atomic E-state index is 13.9. The van der Waals surface area contributed by atoms with Gasteiger partial charge < -0.3 is 9.47 Å². The molecule has 0 saturated carbocycles. The number of carbonyl (C=O) groups excluding carboxylic acids is 1. The summed E-state index contributed by atoms with van der Waals surface area (Å²) >= 11 is 0. The van der Waals surface area contributed by atoms with E-state index in [1.54, 1.807) is 23.1 Å². The third kappa shape index (κ3) is 4.34. The van der Waals surface area contributed by atoms with Crippen molar-refractivity contribution in [2.45, 2.75) is 26.4 Å². The number of pyridine rings is 1. The van der Waals surface area contributed by atoms with Gasteiger partial charge in [0.05, 0.1) is 34.6 Å². The van der Waals surface area contributed by atoms with Crippen LogP contribution in [0.5, 0.6) is 11.6 Å². The molecule has 35 heavy (non-hydrogen) atoms. The van der Waals surface area contributed by atoms with Crippen LogP contribution in [0.25, 0.3) is 10.9 Å². The van der Waals surface area contributed by atoms with Gasteiger partial charge >= 0.3 is 6.03 Å². The summed E-state index contributed by atoms with van der Waals surface area (Å²) in [5.74, 6) is 0.0513. The second kappa shape index (κ2) is 9.21. The SMILES string of the molecule is [2H]C([2H])([2H])Oc1ccc(N2C(=O)N(c3ccc4nn(CC)cc4c3)Cc3cnc(OCC(F)F)cc32)cc1. The maximum Gasteiger partial charge on any atom is 0.333 e. The first-order chi connectivity index (χ1) is 18.1. The molecule has 180 valence electrons. The van der Waals surface area contributed by atoms with Gasteiger partial charge in [0, 0.05) is 41.6 Å². The van der Waals surface area contributed by atoms with Crippen molar-refractivity contribution < 1.29 is 27.2 Å². The molecule has 1 aliphatic heterocycles. The molecule has 2 aromatic heterocycles. The molecule has 0 spiro atoms. The fourth-order valence-corrected chi connectivity index (χ4v) is 3.98. The van der Waals surface area contributed by atoms with Crippen LogP contribution in [0, 0.1) is 0 Å². The first kappa shape index (κ1) is 19.1. The van der Waals surface area contributed by atoms with Gasteiger partial charge in [-0.2, -0.15) is 5.10 Å². The maximum absolute atomic E-state index is 13.9. The second-order valence-electron chi connectivity index (χ2n) is 7.88. The van der Waals surface area contributed by atoms with Crippen LogP contribution in [0.2, 0.25) is 0 Å². The van der Waals surface area contributed by atoms with E-state index in [0.717, 1.165) is 10.9 Å². The van der Waals surface area contributed by atoms with Crippen LogP contribution in [0.1, 0.15) is 16.6 Å². The number of aryl methyl sites for hydroxylation is 1. The van der Waals surface area contributed by atoms with Gasteiger partial charge in [0.15, 0.2) is 6.61 Å². The van der Waals surface area contributed by atoms with Crippen molar-refractivity contribution in [3.63, 3.8) is 0 Å². The van der Waals surface area contributed by atoms with E-state index >= 15 is 0 Å². The molecule has 0 atom stereocenters. The second-order valence-corrected chi connectivity index (χ2v) is 7.88. The standard InChI is InChI=1S/C25H23F2N5O3/c1-3-30-13-16-10-19(6-9-21(16)29-30)31-14-17-12-28-24(35-15-23(26)27)11-22(17)32(25(31)33)18-4-7-20(34-2)8-5-18/h4-13,23H,3,14-15H2,1-2H3/i2D3. The van der Waals surface area contributed by atoms with Crippen LogP contribution < -0.4 is 19.3 Å². The van der Waals surface area contributed by atoms with Crippen molar-refractivity contribution in [1.29, 1.82) is 0 Å². The largest absolute Gasteiger partial charge is 0.497 e. The van der Waals surface area contributed by atoms with Crippen LogP contribution in [-0.2, 0) is 13.1 Å². The first-order valence-corrected chi connectivity index (χ1v) is 10.9. The van der Waals surface area contributed by atoms with Gasteiger partial charge in [0.25, 0.3) is 6.43 Å². The van der Waals surface area contributed by atoms with E-state index in [4.69, 9.17) is 13.6 Å². The van der Waals surface area contributed by atoms with Crippen LogP contribution in [0.4, 0.5) is 30.6 Å². The lowest BCUT2D eigenvalue weighted by Crippen LogP contribution is -2.45. The van der Waals surface area contributed by atoms with Gasteiger partial charge in [-0.15, -0.1) is 0 Å². The Labute approximate surface area is 204 Å². The van der Waals surface area contributed by atoms with Gasteiger partial charge in [-0.05, 0) is 49.4 Å². The minimum absolute atomic E-state index is 0.0499. The molecule has 0 radical (unpaired) electrons. The first-order valence-electron chi connectivity index (χ1n) is 12.4. The van der Waals surface area contributed by atoms with E-state index in [2.05, 4.69) is 10.1 Å². The number of anilines is 3. The third-order valence-corrected chi connectivity index (χ3v) is 5.67. The zero-order valence-electron chi connectivity index (χ0n) is 21.7. The van der Waals surface area contributed by atoms with E-state index in [1.807, 2.05) is 29.9 Å². The van der Waals surface area contributed by atoms with Crippen molar-refractivity contribution in [3.8, 4) is 11.6 Å². The number of rotatable bonds is 7. The number of alkyl halides is 2. The number of nitrogens with zero attached hydrogens (tertiary/aromatic N) is 5. The Hall–Kier alpha value is -4.21. The van der Waals surface area contributed by atoms with Gasteiger partial charge in [-0.3, -0.25) is 14.5 Å². The average molecular weight is 483 g/mol. The van der Waals surface area contributed by atoms with Crippen molar-refractivity contribution in [2.75, 3.05) is 23.4 Å². The molecule has 4 aromatic rings. The molecule has 8 nitrogen and oxygen atoms in total. The summed E-state index contributed by atoms with van der Waals surface area (Å²) in [6.45, 7) is 2.03. The Morgan fingerprint density at radius 1 is 1.14 bits per heavy atom. The number of fused-ring (bicyclic) bond motifs is 2. The topological polar surface area (TPSA) is 72.7 Å². The predicted octanol–water partition coefficient (Wildman–Crippen LogP) is 5.38. The highest BCUT2D eigenvalue weighted by atomic mass is 19.3. The molecule has 0 fully saturated rings. The zero-order valence-corrected chi connectivity index (χ0v) is 18.7. The fourth-order valence-electron chi connectivity index (χ4n) is 3.98. The molecule has 0 N–H and O–H groups in total. The number of carbonyl (C=O) groups is 1. The quantitative estimate of drug-likeness (QED) is 0.354.